The lowest BCUT2D eigenvalue weighted by Gasteiger charge is -2.08. The van der Waals surface area contributed by atoms with Crippen molar-refractivity contribution in [2.75, 3.05) is 6.61 Å². The van der Waals surface area contributed by atoms with E-state index in [4.69, 9.17) is 4.74 Å². The maximum Gasteiger partial charge on any atom is 0.342 e. The van der Waals surface area contributed by atoms with Crippen molar-refractivity contribution in [3.05, 3.63) is 76.9 Å². The van der Waals surface area contributed by atoms with Crippen molar-refractivity contribution in [2.45, 2.75) is 19.8 Å². The van der Waals surface area contributed by atoms with Crippen LogP contribution in [0.3, 0.4) is 0 Å². The van der Waals surface area contributed by atoms with E-state index in [-0.39, 0.29) is 18.0 Å². The van der Waals surface area contributed by atoms with Gasteiger partial charge in [0.1, 0.15) is 5.57 Å². The Morgan fingerprint density at radius 3 is 2.46 bits per heavy atom. The van der Waals surface area contributed by atoms with Gasteiger partial charge in [0.2, 0.25) is 0 Å². The standard InChI is InChI=1S/C23H20O3/c1-2-26-23(25)21(22(24)19-9-4-3-5-10-19)16-20-11-7-6-8-18(20)15-14-17-12-13-17/h3-11,16-17H,2,12-13H2,1H3/b21-16+. The van der Waals surface area contributed by atoms with Crippen molar-refractivity contribution in [3.63, 3.8) is 0 Å². The number of ketones is 1. The molecule has 0 radical (unpaired) electrons. The van der Waals surface area contributed by atoms with Crippen molar-refractivity contribution in [2.24, 2.45) is 5.92 Å². The maximum atomic E-state index is 12.8. The highest BCUT2D eigenvalue weighted by Crippen LogP contribution is 2.28. The average Bonchev–Trinajstić information content (AvgIpc) is 3.50. The van der Waals surface area contributed by atoms with Crippen molar-refractivity contribution >= 4 is 17.8 Å². The average molecular weight is 344 g/mol. The fraction of sp³-hybridized carbons (Fsp3) is 0.217. The zero-order valence-corrected chi connectivity index (χ0v) is 14.7. The molecule has 0 atom stereocenters. The second-order valence-electron chi connectivity index (χ2n) is 6.10. The van der Waals surface area contributed by atoms with E-state index in [1.807, 2.05) is 30.3 Å². The van der Waals surface area contributed by atoms with Gasteiger partial charge in [0.25, 0.3) is 0 Å². The molecule has 2 aromatic carbocycles. The van der Waals surface area contributed by atoms with Crippen LogP contribution in [-0.4, -0.2) is 18.4 Å². The molecule has 0 N–H and O–H groups in total. The monoisotopic (exact) mass is 344 g/mol. The van der Waals surface area contributed by atoms with Gasteiger partial charge in [-0.2, -0.15) is 0 Å². The minimum atomic E-state index is -0.619. The Morgan fingerprint density at radius 2 is 1.77 bits per heavy atom. The van der Waals surface area contributed by atoms with Crippen LogP contribution in [0.4, 0.5) is 0 Å². The van der Waals surface area contributed by atoms with Crippen LogP contribution in [0.15, 0.2) is 60.2 Å². The molecule has 1 saturated carbocycles. The van der Waals surface area contributed by atoms with E-state index in [1.54, 1.807) is 37.3 Å². The van der Waals surface area contributed by atoms with Crippen LogP contribution in [0.2, 0.25) is 0 Å². The number of rotatable bonds is 5. The molecule has 3 heteroatoms. The Balaban J connectivity index is 2.01. The molecule has 1 fully saturated rings. The van der Waals surface area contributed by atoms with Gasteiger partial charge in [0, 0.05) is 17.0 Å². The second kappa shape index (κ2) is 8.31. The molecule has 3 nitrogen and oxygen atoms in total. The molecule has 0 spiro atoms. The third kappa shape index (κ3) is 4.49. The number of carbonyl (C=O) groups is 2. The summed E-state index contributed by atoms with van der Waals surface area (Å²) in [5.41, 5.74) is 2.02. The molecule has 0 aromatic heterocycles. The second-order valence-corrected chi connectivity index (χ2v) is 6.10. The van der Waals surface area contributed by atoms with Crippen LogP contribution < -0.4 is 0 Å². The van der Waals surface area contributed by atoms with E-state index in [1.165, 1.54) is 0 Å². The van der Waals surface area contributed by atoms with E-state index in [2.05, 4.69) is 11.8 Å². The predicted octanol–water partition coefficient (Wildman–Crippen LogP) is 4.28. The first-order chi connectivity index (χ1) is 12.7. The number of benzene rings is 2. The molecule has 130 valence electrons. The van der Waals surface area contributed by atoms with Gasteiger partial charge in [-0.3, -0.25) is 4.79 Å². The van der Waals surface area contributed by atoms with Crippen molar-refractivity contribution in [1.29, 1.82) is 0 Å². The van der Waals surface area contributed by atoms with Crippen LogP contribution in [0.25, 0.3) is 6.08 Å². The normalized spacial score (nSPS) is 13.5. The van der Waals surface area contributed by atoms with Gasteiger partial charge in [-0.15, -0.1) is 0 Å². The lowest BCUT2D eigenvalue weighted by Crippen LogP contribution is -2.16. The van der Waals surface area contributed by atoms with Gasteiger partial charge >= 0.3 is 5.97 Å². The Hall–Kier alpha value is -3.12. The van der Waals surface area contributed by atoms with E-state index >= 15 is 0 Å². The Kier molecular flexibility index (Phi) is 5.66. The molecule has 0 unspecified atom stereocenters. The maximum absolute atomic E-state index is 12.8. The van der Waals surface area contributed by atoms with Crippen LogP contribution in [0.1, 0.15) is 41.3 Å². The first kappa shape index (κ1) is 17.7. The highest BCUT2D eigenvalue weighted by molar-refractivity contribution is 6.27. The third-order valence-corrected chi connectivity index (χ3v) is 4.02. The van der Waals surface area contributed by atoms with Gasteiger partial charge in [-0.25, -0.2) is 4.79 Å². The number of hydrogen-bond donors (Lipinski definition) is 0. The summed E-state index contributed by atoms with van der Waals surface area (Å²) >= 11 is 0. The van der Waals surface area contributed by atoms with E-state index in [0.717, 1.165) is 24.0 Å². The lowest BCUT2D eigenvalue weighted by molar-refractivity contribution is -0.137. The van der Waals surface area contributed by atoms with Gasteiger partial charge in [-0.05, 0) is 37.5 Å². The fourth-order valence-electron chi connectivity index (χ4n) is 2.47. The van der Waals surface area contributed by atoms with Crippen LogP contribution in [0.5, 0.6) is 0 Å². The molecule has 0 aliphatic heterocycles. The number of hydrogen-bond acceptors (Lipinski definition) is 3. The highest BCUT2D eigenvalue weighted by atomic mass is 16.5. The molecule has 1 aliphatic rings. The fourth-order valence-corrected chi connectivity index (χ4v) is 2.47. The van der Waals surface area contributed by atoms with Gasteiger partial charge in [0.05, 0.1) is 6.61 Å². The Morgan fingerprint density at radius 1 is 1.08 bits per heavy atom. The molecule has 0 amide bonds. The Bertz CT molecular complexity index is 894. The molecule has 3 rings (SSSR count). The topological polar surface area (TPSA) is 43.4 Å². The highest BCUT2D eigenvalue weighted by Gasteiger charge is 2.22. The molecular formula is C23H20O3. The van der Waals surface area contributed by atoms with E-state index in [0.29, 0.717) is 11.5 Å². The number of esters is 1. The van der Waals surface area contributed by atoms with Gasteiger partial charge in [0.15, 0.2) is 5.78 Å². The molecule has 26 heavy (non-hydrogen) atoms. The number of ether oxygens (including phenoxy) is 1. The largest absolute Gasteiger partial charge is 0.462 e. The smallest absolute Gasteiger partial charge is 0.342 e. The lowest BCUT2D eigenvalue weighted by atomic mass is 9.99. The first-order valence-corrected chi connectivity index (χ1v) is 8.78. The molecule has 0 heterocycles. The van der Waals surface area contributed by atoms with Crippen molar-refractivity contribution < 1.29 is 14.3 Å². The summed E-state index contributed by atoms with van der Waals surface area (Å²) in [5.74, 6) is 5.90. The predicted molar refractivity (Wildman–Crippen MR) is 101 cm³/mol. The molecule has 1 aliphatic carbocycles. The zero-order valence-electron chi connectivity index (χ0n) is 14.7. The summed E-state index contributed by atoms with van der Waals surface area (Å²) in [6.07, 6.45) is 3.88. The van der Waals surface area contributed by atoms with E-state index < -0.39 is 5.97 Å². The minimum Gasteiger partial charge on any atom is -0.462 e. The van der Waals surface area contributed by atoms with E-state index in [9.17, 15) is 9.59 Å². The first-order valence-electron chi connectivity index (χ1n) is 8.78. The molecule has 2 aromatic rings. The summed E-state index contributed by atoms with van der Waals surface area (Å²) in [4.78, 5) is 25.3. The summed E-state index contributed by atoms with van der Waals surface area (Å²) in [7, 11) is 0. The summed E-state index contributed by atoms with van der Waals surface area (Å²) < 4.78 is 5.10. The van der Waals surface area contributed by atoms with Crippen molar-refractivity contribution in [3.8, 4) is 11.8 Å². The van der Waals surface area contributed by atoms with Crippen molar-refractivity contribution in [1.82, 2.24) is 0 Å². The number of carbonyl (C=O) groups excluding carboxylic acids is 2. The molecule has 0 saturated heterocycles. The number of Topliss-reactive ketones (excluding diaryl/α,β-unsaturated/α-hetero) is 1. The Labute approximate surface area is 153 Å². The summed E-state index contributed by atoms with van der Waals surface area (Å²) in [6.45, 7) is 1.93. The quantitative estimate of drug-likeness (QED) is 0.203. The molecular weight excluding hydrogens is 324 g/mol. The minimum absolute atomic E-state index is 0.0127. The molecule has 0 bridgehead atoms. The van der Waals surface area contributed by atoms with Gasteiger partial charge in [-0.1, -0.05) is 60.4 Å². The summed E-state index contributed by atoms with van der Waals surface area (Å²) in [6, 6.07) is 16.3. The van der Waals surface area contributed by atoms with Crippen LogP contribution >= 0.6 is 0 Å². The van der Waals surface area contributed by atoms with Crippen LogP contribution in [-0.2, 0) is 9.53 Å². The zero-order chi connectivity index (χ0) is 18.4. The third-order valence-electron chi connectivity index (χ3n) is 4.02. The van der Waals surface area contributed by atoms with Gasteiger partial charge < -0.3 is 4.74 Å². The van der Waals surface area contributed by atoms with Crippen LogP contribution in [0, 0.1) is 17.8 Å². The SMILES string of the molecule is CCOC(=O)/C(=C/c1ccccc1C#CC1CC1)C(=O)c1ccccc1. The summed E-state index contributed by atoms with van der Waals surface area (Å²) in [5, 5.41) is 0.